The van der Waals surface area contributed by atoms with Crippen LogP contribution in [-0.2, 0) is 19.1 Å². The molecule has 0 atom stereocenters. The number of ketones is 2. The quantitative estimate of drug-likeness (QED) is 0.510. The van der Waals surface area contributed by atoms with Crippen LogP contribution in [0.4, 0.5) is 0 Å². The van der Waals surface area contributed by atoms with Crippen LogP contribution in [0.15, 0.2) is 24.3 Å². The summed E-state index contributed by atoms with van der Waals surface area (Å²) in [5.41, 5.74) is 0.622. The highest BCUT2D eigenvalue weighted by atomic mass is 35.5. The standard InChI is InChI=1S/C12H11ClO3.C4H8O2/c1-8(14)6-10(15)4-2-9-3-5-11(16)7-12(9)13;1-3-6-4(2)5/h2-5,7,16H,6H2,1H3;3H2,1-2H3. The molecule has 0 saturated carbocycles. The van der Waals surface area contributed by atoms with Gasteiger partial charge >= 0.3 is 5.97 Å². The van der Waals surface area contributed by atoms with Crippen molar-refractivity contribution in [3.8, 4) is 5.75 Å². The topological polar surface area (TPSA) is 80.7 Å². The van der Waals surface area contributed by atoms with E-state index in [1.54, 1.807) is 13.0 Å². The van der Waals surface area contributed by atoms with E-state index < -0.39 is 0 Å². The molecular formula is C16H19ClO5. The van der Waals surface area contributed by atoms with Crippen molar-refractivity contribution >= 4 is 35.2 Å². The molecule has 0 fully saturated rings. The molecule has 0 amide bonds. The Bertz CT molecular complexity index is 564. The van der Waals surface area contributed by atoms with Crippen molar-refractivity contribution in [2.75, 3.05) is 6.61 Å². The molecule has 22 heavy (non-hydrogen) atoms. The molecule has 1 rings (SSSR count). The number of phenols is 1. The first-order valence-electron chi connectivity index (χ1n) is 6.58. The van der Waals surface area contributed by atoms with Crippen molar-refractivity contribution in [1.82, 2.24) is 0 Å². The molecule has 0 aliphatic heterocycles. The zero-order chi connectivity index (χ0) is 17.1. The summed E-state index contributed by atoms with van der Waals surface area (Å²) in [5, 5.41) is 9.47. The number of carbonyl (C=O) groups is 3. The SMILES string of the molecule is CC(=O)CC(=O)C=Cc1ccc(O)cc1Cl.CCOC(C)=O. The Morgan fingerprint density at radius 2 is 1.91 bits per heavy atom. The second-order valence-electron chi connectivity index (χ2n) is 4.31. The number of Topliss-reactive ketones (excluding diaryl/α,β-unsaturated/α-hetero) is 1. The van der Waals surface area contributed by atoms with E-state index in [9.17, 15) is 14.4 Å². The van der Waals surface area contributed by atoms with Crippen molar-refractivity contribution in [3.63, 3.8) is 0 Å². The maximum atomic E-state index is 11.2. The molecule has 0 spiro atoms. The van der Waals surface area contributed by atoms with Crippen molar-refractivity contribution in [2.45, 2.75) is 27.2 Å². The van der Waals surface area contributed by atoms with Gasteiger partial charge in [0.25, 0.3) is 0 Å². The zero-order valence-corrected chi connectivity index (χ0v) is 13.5. The van der Waals surface area contributed by atoms with Crippen LogP contribution >= 0.6 is 11.6 Å². The average molecular weight is 327 g/mol. The Morgan fingerprint density at radius 1 is 1.27 bits per heavy atom. The van der Waals surface area contributed by atoms with Crippen molar-refractivity contribution < 1.29 is 24.2 Å². The van der Waals surface area contributed by atoms with Crippen molar-refractivity contribution in [2.24, 2.45) is 0 Å². The van der Waals surface area contributed by atoms with Gasteiger partial charge in [-0.3, -0.25) is 14.4 Å². The largest absolute Gasteiger partial charge is 0.508 e. The van der Waals surface area contributed by atoms with Gasteiger partial charge in [-0.2, -0.15) is 0 Å². The Balaban J connectivity index is 0.000000626. The number of allylic oxidation sites excluding steroid dienone is 1. The predicted molar refractivity (Wildman–Crippen MR) is 84.8 cm³/mol. The molecule has 0 saturated heterocycles. The Kier molecular flexibility index (Phi) is 9.54. The van der Waals surface area contributed by atoms with E-state index in [2.05, 4.69) is 4.74 Å². The molecule has 120 valence electrons. The van der Waals surface area contributed by atoms with Crippen LogP contribution in [0, 0.1) is 0 Å². The molecule has 1 N–H and O–H groups in total. The summed E-state index contributed by atoms with van der Waals surface area (Å²) >= 11 is 5.83. The minimum Gasteiger partial charge on any atom is -0.508 e. The maximum absolute atomic E-state index is 11.2. The van der Waals surface area contributed by atoms with Crippen LogP contribution in [0.5, 0.6) is 5.75 Å². The Morgan fingerprint density at radius 3 is 2.32 bits per heavy atom. The van der Waals surface area contributed by atoms with Crippen molar-refractivity contribution in [3.05, 3.63) is 34.9 Å². The third-order valence-electron chi connectivity index (χ3n) is 2.20. The molecule has 6 heteroatoms. The van der Waals surface area contributed by atoms with E-state index in [4.69, 9.17) is 16.7 Å². The van der Waals surface area contributed by atoms with Gasteiger partial charge in [-0.15, -0.1) is 0 Å². The smallest absolute Gasteiger partial charge is 0.302 e. The maximum Gasteiger partial charge on any atom is 0.302 e. The molecule has 0 radical (unpaired) electrons. The lowest BCUT2D eigenvalue weighted by Gasteiger charge is -1.98. The first-order chi connectivity index (χ1) is 10.3. The summed E-state index contributed by atoms with van der Waals surface area (Å²) in [7, 11) is 0. The molecule has 0 aromatic heterocycles. The fourth-order valence-corrected chi connectivity index (χ4v) is 1.58. The minimum atomic E-state index is -0.267. The lowest BCUT2D eigenvalue weighted by molar-refractivity contribution is -0.140. The van der Waals surface area contributed by atoms with E-state index in [0.29, 0.717) is 17.2 Å². The minimum absolute atomic E-state index is 0.0669. The third kappa shape index (κ3) is 9.72. The van der Waals surface area contributed by atoms with Gasteiger partial charge < -0.3 is 9.84 Å². The lowest BCUT2D eigenvalue weighted by Crippen LogP contribution is -1.99. The van der Waals surface area contributed by atoms with Gasteiger partial charge in [0, 0.05) is 6.92 Å². The van der Waals surface area contributed by atoms with E-state index in [-0.39, 0.29) is 29.7 Å². The molecule has 0 aliphatic rings. The van der Waals surface area contributed by atoms with Gasteiger partial charge in [0.15, 0.2) is 5.78 Å². The van der Waals surface area contributed by atoms with Gasteiger partial charge in [-0.05, 0) is 49.8 Å². The summed E-state index contributed by atoms with van der Waals surface area (Å²) in [6, 6.07) is 4.45. The van der Waals surface area contributed by atoms with Crippen LogP contribution in [0.1, 0.15) is 32.8 Å². The van der Waals surface area contributed by atoms with Crippen molar-refractivity contribution in [1.29, 1.82) is 0 Å². The molecule has 5 nitrogen and oxygen atoms in total. The van der Waals surface area contributed by atoms with Crippen LogP contribution in [0.25, 0.3) is 6.08 Å². The van der Waals surface area contributed by atoms with Gasteiger partial charge in [-0.25, -0.2) is 0 Å². The molecule has 0 aliphatic carbocycles. The summed E-state index contributed by atoms with van der Waals surface area (Å²) < 4.78 is 4.40. The Hall–Kier alpha value is -2.14. The number of rotatable bonds is 5. The number of phenolic OH excluding ortho intramolecular Hbond substituents is 1. The molecule has 0 heterocycles. The molecule has 1 aromatic carbocycles. The zero-order valence-electron chi connectivity index (χ0n) is 12.8. The van der Waals surface area contributed by atoms with E-state index >= 15 is 0 Å². The number of carbonyl (C=O) groups excluding carboxylic acids is 3. The number of hydrogen-bond acceptors (Lipinski definition) is 5. The van der Waals surface area contributed by atoms with Gasteiger partial charge in [0.1, 0.15) is 11.5 Å². The van der Waals surface area contributed by atoms with Crippen LogP contribution in [0.2, 0.25) is 5.02 Å². The number of esters is 1. The summed E-state index contributed by atoms with van der Waals surface area (Å²) in [6.07, 6.45) is 2.72. The third-order valence-corrected chi connectivity index (χ3v) is 2.53. The highest BCUT2D eigenvalue weighted by Crippen LogP contribution is 2.22. The number of aromatic hydroxyl groups is 1. The molecule has 0 unspecified atom stereocenters. The first kappa shape index (κ1) is 19.9. The van der Waals surface area contributed by atoms with Crippen LogP contribution in [0.3, 0.4) is 0 Å². The lowest BCUT2D eigenvalue weighted by atomic mass is 10.1. The number of benzene rings is 1. The monoisotopic (exact) mass is 326 g/mol. The average Bonchev–Trinajstić information content (AvgIpc) is 2.37. The summed E-state index contributed by atoms with van der Waals surface area (Å²) in [4.78, 5) is 31.7. The second-order valence-corrected chi connectivity index (χ2v) is 4.72. The fraction of sp³-hybridized carbons (Fsp3) is 0.312. The van der Waals surface area contributed by atoms with E-state index in [1.807, 2.05) is 0 Å². The van der Waals surface area contributed by atoms with Crippen LogP contribution < -0.4 is 0 Å². The first-order valence-corrected chi connectivity index (χ1v) is 6.96. The molecule has 1 aromatic rings. The second kappa shape index (κ2) is 10.6. The van der Waals surface area contributed by atoms with Gasteiger partial charge in [-0.1, -0.05) is 11.6 Å². The number of hydrogen-bond donors (Lipinski definition) is 1. The normalized spacial score (nSPS) is 9.82. The van der Waals surface area contributed by atoms with Crippen LogP contribution in [-0.4, -0.2) is 29.2 Å². The summed E-state index contributed by atoms with van der Waals surface area (Å²) in [5.74, 6) is -0.585. The highest BCUT2D eigenvalue weighted by Gasteiger charge is 2.02. The number of ether oxygens (including phenoxy) is 1. The predicted octanol–water partition coefficient (Wildman–Crippen LogP) is 3.18. The molecular weight excluding hydrogens is 308 g/mol. The molecule has 0 bridgehead atoms. The van der Waals surface area contributed by atoms with Gasteiger partial charge in [0.2, 0.25) is 0 Å². The fourth-order valence-electron chi connectivity index (χ4n) is 1.34. The Labute approximate surface area is 134 Å². The van der Waals surface area contributed by atoms with E-state index in [0.717, 1.165) is 0 Å². The van der Waals surface area contributed by atoms with E-state index in [1.165, 1.54) is 38.1 Å². The number of halogens is 1. The highest BCUT2D eigenvalue weighted by molar-refractivity contribution is 6.32. The van der Waals surface area contributed by atoms with Gasteiger partial charge in [0.05, 0.1) is 18.1 Å². The summed E-state index contributed by atoms with van der Waals surface area (Å²) in [6.45, 7) is 5.01.